The molecule has 2 bridgehead atoms. The van der Waals surface area contributed by atoms with Crippen LogP contribution in [-0.4, -0.2) is 30.7 Å². The van der Waals surface area contributed by atoms with Crippen LogP contribution < -0.4 is 0 Å². The van der Waals surface area contributed by atoms with Crippen LogP contribution in [0.5, 0.6) is 0 Å². The Hall–Kier alpha value is -0.410. The third-order valence-corrected chi connectivity index (χ3v) is 5.57. The van der Waals surface area contributed by atoms with Gasteiger partial charge in [0.1, 0.15) is 12.4 Å². The molecule has 3 aliphatic carbocycles. The van der Waals surface area contributed by atoms with Gasteiger partial charge in [-0.05, 0) is 61.7 Å². The number of hydrogen-bond donors (Lipinski definition) is 1. The molecule has 3 aliphatic rings. The lowest BCUT2D eigenvalue weighted by Gasteiger charge is -2.53. The van der Waals surface area contributed by atoms with Crippen molar-refractivity contribution in [3.63, 3.8) is 0 Å². The SMILES string of the molecule is COC1CC2CC3C(C1)CC3(CC(O)C=O)C2. The van der Waals surface area contributed by atoms with Gasteiger partial charge in [0, 0.05) is 7.11 Å². The van der Waals surface area contributed by atoms with Crippen molar-refractivity contribution in [2.45, 2.75) is 50.7 Å². The smallest absolute Gasteiger partial charge is 0.148 e. The highest BCUT2D eigenvalue weighted by atomic mass is 16.5. The number of ether oxygens (including phenoxy) is 1. The molecule has 0 aliphatic heterocycles. The molecule has 0 saturated heterocycles. The van der Waals surface area contributed by atoms with Gasteiger partial charge in [-0.15, -0.1) is 0 Å². The third kappa shape index (κ3) is 1.75. The molecule has 17 heavy (non-hydrogen) atoms. The van der Waals surface area contributed by atoms with E-state index in [1.165, 1.54) is 32.1 Å². The highest BCUT2D eigenvalue weighted by molar-refractivity contribution is 5.55. The number of hydrogen-bond acceptors (Lipinski definition) is 3. The molecular formula is C14H22O3. The molecule has 3 rings (SSSR count). The largest absolute Gasteiger partial charge is 0.386 e. The second-order valence-electron chi connectivity index (χ2n) is 6.48. The van der Waals surface area contributed by atoms with Crippen LogP contribution in [0.4, 0.5) is 0 Å². The summed E-state index contributed by atoms with van der Waals surface area (Å²) in [5.74, 6) is 2.30. The summed E-state index contributed by atoms with van der Waals surface area (Å²) in [4.78, 5) is 10.6. The first kappa shape index (κ1) is 11.7. The van der Waals surface area contributed by atoms with E-state index in [-0.39, 0.29) is 0 Å². The van der Waals surface area contributed by atoms with E-state index in [1.54, 1.807) is 0 Å². The van der Waals surface area contributed by atoms with Gasteiger partial charge in [0.05, 0.1) is 6.10 Å². The zero-order valence-corrected chi connectivity index (χ0v) is 10.5. The standard InChI is InChI=1S/C14H22O3/c1-17-12-2-9-3-13-10(4-12)6-14(13,5-9)7-11(16)8-15/h8-13,16H,2-7H2,1H3. The summed E-state index contributed by atoms with van der Waals surface area (Å²) in [7, 11) is 1.83. The van der Waals surface area contributed by atoms with Crippen LogP contribution in [0, 0.1) is 23.2 Å². The predicted molar refractivity (Wildman–Crippen MR) is 63.5 cm³/mol. The van der Waals surface area contributed by atoms with E-state index in [2.05, 4.69) is 0 Å². The summed E-state index contributed by atoms with van der Waals surface area (Å²) in [6, 6.07) is 0. The molecule has 0 heterocycles. The summed E-state index contributed by atoms with van der Waals surface area (Å²) in [6.07, 6.45) is 7.20. The molecule has 0 spiro atoms. The zero-order chi connectivity index (χ0) is 12.0. The van der Waals surface area contributed by atoms with Gasteiger partial charge in [0.2, 0.25) is 0 Å². The van der Waals surface area contributed by atoms with E-state index >= 15 is 0 Å². The number of carbonyl (C=O) groups is 1. The second-order valence-corrected chi connectivity index (χ2v) is 6.48. The van der Waals surface area contributed by atoms with Crippen LogP contribution in [0.15, 0.2) is 0 Å². The highest BCUT2D eigenvalue weighted by Crippen LogP contribution is 2.68. The average Bonchev–Trinajstić information content (AvgIpc) is 2.46. The Morgan fingerprint density at radius 3 is 2.94 bits per heavy atom. The molecule has 0 amide bonds. The van der Waals surface area contributed by atoms with Crippen molar-refractivity contribution in [1.82, 2.24) is 0 Å². The molecule has 3 heteroatoms. The van der Waals surface area contributed by atoms with E-state index in [1.807, 2.05) is 7.11 Å². The minimum absolute atomic E-state index is 0.300. The molecule has 3 saturated carbocycles. The number of aliphatic hydroxyl groups is 1. The first-order valence-corrected chi connectivity index (χ1v) is 6.83. The van der Waals surface area contributed by atoms with Crippen molar-refractivity contribution >= 4 is 6.29 Å². The van der Waals surface area contributed by atoms with Crippen LogP contribution in [0.25, 0.3) is 0 Å². The fourth-order valence-corrected chi connectivity index (χ4v) is 5.06. The van der Waals surface area contributed by atoms with Crippen molar-refractivity contribution in [2.75, 3.05) is 7.11 Å². The first-order chi connectivity index (χ1) is 8.16. The topological polar surface area (TPSA) is 46.5 Å². The van der Waals surface area contributed by atoms with Crippen LogP contribution >= 0.6 is 0 Å². The fraction of sp³-hybridized carbons (Fsp3) is 0.929. The van der Waals surface area contributed by atoms with Crippen molar-refractivity contribution < 1.29 is 14.6 Å². The Bertz CT molecular complexity index is 313. The third-order valence-electron chi connectivity index (χ3n) is 5.57. The van der Waals surface area contributed by atoms with E-state index in [4.69, 9.17) is 4.74 Å². The lowest BCUT2D eigenvalue weighted by atomic mass is 9.52. The number of aldehydes is 1. The molecule has 3 fully saturated rings. The van der Waals surface area contributed by atoms with E-state index in [0.29, 0.717) is 24.2 Å². The fourth-order valence-electron chi connectivity index (χ4n) is 5.06. The normalized spacial score (nSPS) is 49.3. The molecule has 0 aromatic carbocycles. The molecule has 0 radical (unpaired) electrons. The molecule has 0 aromatic heterocycles. The predicted octanol–water partition coefficient (Wildman–Crippen LogP) is 1.78. The van der Waals surface area contributed by atoms with Crippen molar-refractivity contribution in [3.05, 3.63) is 0 Å². The molecular weight excluding hydrogens is 216 g/mol. The van der Waals surface area contributed by atoms with Crippen molar-refractivity contribution in [1.29, 1.82) is 0 Å². The van der Waals surface area contributed by atoms with Crippen LogP contribution in [0.2, 0.25) is 0 Å². The quantitative estimate of drug-likeness (QED) is 0.759. The van der Waals surface area contributed by atoms with Gasteiger partial charge in [-0.1, -0.05) is 0 Å². The molecule has 3 nitrogen and oxygen atoms in total. The molecule has 96 valence electrons. The summed E-state index contributed by atoms with van der Waals surface area (Å²) >= 11 is 0. The first-order valence-electron chi connectivity index (χ1n) is 6.83. The van der Waals surface area contributed by atoms with Gasteiger partial charge in [0.15, 0.2) is 0 Å². The van der Waals surface area contributed by atoms with E-state index in [0.717, 1.165) is 17.8 Å². The number of rotatable bonds is 4. The van der Waals surface area contributed by atoms with Gasteiger partial charge in [-0.25, -0.2) is 0 Å². The lowest BCUT2D eigenvalue weighted by Crippen LogP contribution is -2.48. The Kier molecular flexibility index (Phi) is 2.79. The minimum Gasteiger partial charge on any atom is -0.386 e. The van der Waals surface area contributed by atoms with E-state index < -0.39 is 6.10 Å². The summed E-state index contributed by atoms with van der Waals surface area (Å²) in [5, 5.41) is 9.60. The Balaban J connectivity index is 1.72. The summed E-state index contributed by atoms with van der Waals surface area (Å²) < 4.78 is 5.55. The Morgan fingerprint density at radius 1 is 1.41 bits per heavy atom. The maximum absolute atomic E-state index is 10.6. The van der Waals surface area contributed by atoms with Crippen molar-refractivity contribution in [2.24, 2.45) is 23.2 Å². The minimum atomic E-state index is -0.741. The zero-order valence-electron chi connectivity index (χ0n) is 10.5. The number of fused-ring (bicyclic) bond motifs is 1. The molecule has 0 aromatic rings. The van der Waals surface area contributed by atoms with Gasteiger partial charge in [0.25, 0.3) is 0 Å². The van der Waals surface area contributed by atoms with Crippen LogP contribution in [0.1, 0.15) is 38.5 Å². The second kappa shape index (κ2) is 4.06. The van der Waals surface area contributed by atoms with Crippen LogP contribution in [-0.2, 0) is 9.53 Å². The maximum Gasteiger partial charge on any atom is 0.148 e. The highest BCUT2D eigenvalue weighted by Gasteiger charge is 2.60. The van der Waals surface area contributed by atoms with Crippen LogP contribution in [0.3, 0.4) is 0 Å². The van der Waals surface area contributed by atoms with E-state index in [9.17, 15) is 9.90 Å². The summed E-state index contributed by atoms with van der Waals surface area (Å²) in [6.45, 7) is 0. The molecule has 6 unspecified atom stereocenters. The molecule has 1 N–H and O–H groups in total. The van der Waals surface area contributed by atoms with Gasteiger partial charge in [-0.3, -0.25) is 0 Å². The van der Waals surface area contributed by atoms with Gasteiger partial charge < -0.3 is 14.6 Å². The number of carbonyl (C=O) groups excluding carboxylic acids is 1. The van der Waals surface area contributed by atoms with Crippen molar-refractivity contribution in [3.8, 4) is 0 Å². The monoisotopic (exact) mass is 238 g/mol. The number of aliphatic hydroxyl groups excluding tert-OH is 1. The Morgan fingerprint density at radius 2 is 2.24 bits per heavy atom. The van der Waals surface area contributed by atoms with Gasteiger partial charge >= 0.3 is 0 Å². The summed E-state index contributed by atoms with van der Waals surface area (Å²) in [5.41, 5.74) is 0.300. The van der Waals surface area contributed by atoms with Gasteiger partial charge in [-0.2, -0.15) is 0 Å². The number of methoxy groups -OCH3 is 1. The average molecular weight is 238 g/mol. The molecule has 6 atom stereocenters. The lowest BCUT2D eigenvalue weighted by molar-refractivity contribution is -0.122. The Labute approximate surface area is 103 Å². The maximum atomic E-state index is 10.6.